The van der Waals surface area contributed by atoms with Crippen molar-refractivity contribution >= 4 is 22.0 Å². The summed E-state index contributed by atoms with van der Waals surface area (Å²) in [5, 5.41) is 9.16. The molecule has 0 radical (unpaired) electrons. The van der Waals surface area contributed by atoms with E-state index in [0.717, 1.165) is 0 Å². The molecule has 0 aliphatic carbocycles. The number of esters is 1. The molecule has 9 heteroatoms. The maximum atomic E-state index is 12.9. The Labute approximate surface area is 151 Å². The van der Waals surface area contributed by atoms with Crippen LogP contribution in [-0.2, 0) is 30.8 Å². The van der Waals surface area contributed by atoms with E-state index >= 15 is 0 Å². The molecule has 1 aromatic carbocycles. The van der Waals surface area contributed by atoms with Crippen molar-refractivity contribution < 1.29 is 32.6 Å². The topological polar surface area (TPSA) is 110 Å². The first-order valence-corrected chi connectivity index (χ1v) is 9.96. The molecule has 3 rings (SSSR count). The molecule has 2 heterocycles. The SMILES string of the molecule is CCOC(=O)C1Cc2cc(S(=O)(=O)N3CCCC(C(=O)O)C3)ccc2O1. The molecule has 0 bridgehead atoms. The van der Waals surface area contributed by atoms with E-state index in [1.54, 1.807) is 6.92 Å². The fourth-order valence-corrected chi connectivity index (χ4v) is 4.84. The minimum Gasteiger partial charge on any atom is -0.481 e. The number of piperidine rings is 1. The zero-order valence-corrected chi connectivity index (χ0v) is 15.2. The summed E-state index contributed by atoms with van der Waals surface area (Å²) in [4.78, 5) is 23.1. The van der Waals surface area contributed by atoms with E-state index in [1.807, 2.05) is 0 Å². The van der Waals surface area contributed by atoms with Crippen LogP contribution < -0.4 is 4.74 Å². The van der Waals surface area contributed by atoms with E-state index in [4.69, 9.17) is 14.6 Å². The first kappa shape index (κ1) is 18.7. The lowest BCUT2D eigenvalue weighted by Crippen LogP contribution is -2.42. The van der Waals surface area contributed by atoms with Gasteiger partial charge in [0.15, 0.2) is 6.10 Å². The molecule has 8 nitrogen and oxygen atoms in total. The number of carboxylic acid groups (broad SMARTS) is 1. The minimum absolute atomic E-state index is 0.0310. The van der Waals surface area contributed by atoms with Crippen LogP contribution in [0.3, 0.4) is 0 Å². The van der Waals surface area contributed by atoms with Gasteiger partial charge >= 0.3 is 11.9 Å². The van der Waals surface area contributed by atoms with E-state index in [9.17, 15) is 18.0 Å². The van der Waals surface area contributed by atoms with Crippen LogP contribution in [0.1, 0.15) is 25.3 Å². The number of carboxylic acids is 1. The zero-order chi connectivity index (χ0) is 18.9. The van der Waals surface area contributed by atoms with Crippen molar-refractivity contribution in [2.24, 2.45) is 5.92 Å². The van der Waals surface area contributed by atoms with Gasteiger partial charge in [0.05, 0.1) is 17.4 Å². The molecule has 0 aromatic heterocycles. The van der Waals surface area contributed by atoms with Crippen molar-refractivity contribution in [1.82, 2.24) is 4.31 Å². The summed E-state index contributed by atoms with van der Waals surface area (Å²) in [6.07, 6.45) is 0.458. The van der Waals surface area contributed by atoms with Crippen LogP contribution in [0, 0.1) is 5.92 Å². The predicted molar refractivity (Wildman–Crippen MR) is 90.3 cm³/mol. The van der Waals surface area contributed by atoms with E-state index in [1.165, 1.54) is 22.5 Å². The molecule has 0 amide bonds. The maximum Gasteiger partial charge on any atom is 0.347 e. The third-order valence-corrected chi connectivity index (χ3v) is 6.49. The summed E-state index contributed by atoms with van der Waals surface area (Å²) in [5.41, 5.74) is 0.621. The van der Waals surface area contributed by atoms with Crippen molar-refractivity contribution in [2.75, 3.05) is 19.7 Å². The van der Waals surface area contributed by atoms with Gasteiger partial charge in [0.2, 0.25) is 10.0 Å². The van der Waals surface area contributed by atoms with Gasteiger partial charge in [-0.25, -0.2) is 13.2 Å². The number of rotatable bonds is 5. The maximum absolute atomic E-state index is 12.9. The van der Waals surface area contributed by atoms with Gasteiger partial charge in [0.1, 0.15) is 5.75 Å². The van der Waals surface area contributed by atoms with Crippen LogP contribution >= 0.6 is 0 Å². The smallest absolute Gasteiger partial charge is 0.347 e. The van der Waals surface area contributed by atoms with Crippen molar-refractivity contribution in [3.8, 4) is 5.75 Å². The monoisotopic (exact) mass is 383 g/mol. The van der Waals surface area contributed by atoms with Gasteiger partial charge < -0.3 is 14.6 Å². The first-order valence-electron chi connectivity index (χ1n) is 8.52. The molecule has 0 saturated carbocycles. The Kier molecular flexibility index (Phi) is 5.19. The largest absolute Gasteiger partial charge is 0.481 e. The van der Waals surface area contributed by atoms with Crippen LogP contribution in [0.5, 0.6) is 5.75 Å². The molecule has 2 aliphatic rings. The van der Waals surface area contributed by atoms with Gasteiger partial charge in [-0.1, -0.05) is 0 Å². The molecular weight excluding hydrogens is 362 g/mol. The summed E-state index contributed by atoms with van der Waals surface area (Å²) < 4.78 is 37.4. The molecule has 26 heavy (non-hydrogen) atoms. The molecule has 2 unspecified atom stereocenters. The average Bonchev–Trinajstić information content (AvgIpc) is 3.05. The molecule has 0 spiro atoms. The molecule has 1 aromatic rings. The Hall–Kier alpha value is -2.13. The highest BCUT2D eigenvalue weighted by Crippen LogP contribution is 2.33. The molecule has 1 N–H and O–H groups in total. The van der Waals surface area contributed by atoms with Gasteiger partial charge in [-0.05, 0) is 43.5 Å². The number of ether oxygens (including phenoxy) is 2. The lowest BCUT2D eigenvalue weighted by atomic mass is 10.0. The van der Waals surface area contributed by atoms with Crippen molar-refractivity contribution in [2.45, 2.75) is 37.2 Å². The predicted octanol–water partition coefficient (Wildman–Crippen LogP) is 1.04. The second-order valence-electron chi connectivity index (χ2n) is 6.37. The van der Waals surface area contributed by atoms with E-state index in [-0.39, 0.29) is 24.5 Å². The van der Waals surface area contributed by atoms with E-state index in [2.05, 4.69) is 0 Å². The Morgan fingerprint density at radius 3 is 2.85 bits per heavy atom. The van der Waals surface area contributed by atoms with Gasteiger partial charge in [-0.2, -0.15) is 4.31 Å². The van der Waals surface area contributed by atoms with Crippen molar-refractivity contribution in [1.29, 1.82) is 0 Å². The highest BCUT2D eigenvalue weighted by atomic mass is 32.2. The minimum atomic E-state index is -3.80. The van der Waals surface area contributed by atoms with Gasteiger partial charge in [-0.15, -0.1) is 0 Å². The summed E-state index contributed by atoms with van der Waals surface area (Å²) in [5.74, 6) is -1.69. The number of hydrogen-bond acceptors (Lipinski definition) is 6. The number of carbonyl (C=O) groups is 2. The average molecular weight is 383 g/mol. The highest BCUT2D eigenvalue weighted by Gasteiger charge is 2.35. The number of fused-ring (bicyclic) bond motifs is 1. The lowest BCUT2D eigenvalue weighted by Gasteiger charge is -2.29. The highest BCUT2D eigenvalue weighted by molar-refractivity contribution is 7.89. The Bertz CT molecular complexity index is 820. The van der Waals surface area contributed by atoms with E-state index in [0.29, 0.717) is 30.7 Å². The Morgan fingerprint density at radius 1 is 1.38 bits per heavy atom. The van der Waals surface area contributed by atoms with Crippen LogP contribution in [0.4, 0.5) is 0 Å². The first-order chi connectivity index (χ1) is 12.3. The molecular formula is C17H21NO7S. The lowest BCUT2D eigenvalue weighted by molar-refractivity contribution is -0.150. The van der Waals surface area contributed by atoms with E-state index < -0.39 is 34.0 Å². The van der Waals surface area contributed by atoms with Crippen LogP contribution in [0.15, 0.2) is 23.1 Å². The molecule has 2 aliphatic heterocycles. The fourth-order valence-electron chi connectivity index (χ4n) is 3.26. The molecule has 1 saturated heterocycles. The summed E-state index contributed by atoms with van der Waals surface area (Å²) in [6, 6.07) is 4.44. The van der Waals surface area contributed by atoms with Crippen LogP contribution in [0.2, 0.25) is 0 Å². The Morgan fingerprint density at radius 2 is 2.15 bits per heavy atom. The number of aliphatic carboxylic acids is 1. The van der Waals surface area contributed by atoms with Gasteiger partial charge in [0.25, 0.3) is 0 Å². The van der Waals surface area contributed by atoms with Crippen LogP contribution in [0.25, 0.3) is 0 Å². The third kappa shape index (κ3) is 3.54. The summed E-state index contributed by atoms with van der Waals surface area (Å²) in [7, 11) is -3.80. The number of hydrogen-bond donors (Lipinski definition) is 1. The Balaban J connectivity index is 1.80. The fraction of sp³-hybridized carbons (Fsp3) is 0.529. The molecule has 142 valence electrons. The number of nitrogens with zero attached hydrogens (tertiary/aromatic N) is 1. The van der Waals surface area contributed by atoms with Crippen LogP contribution in [-0.4, -0.2) is 55.6 Å². The number of benzene rings is 1. The number of sulfonamides is 1. The molecule has 1 fully saturated rings. The normalized spacial score (nSPS) is 23.1. The quantitative estimate of drug-likeness (QED) is 0.756. The van der Waals surface area contributed by atoms with Gasteiger partial charge in [0, 0.05) is 19.5 Å². The molecule has 2 atom stereocenters. The standard InChI is InChI=1S/C17H21NO7S/c1-2-24-17(21)15-9-12-8-13(5-6-14(12)25-15)26(22,23)18-7-3-4-11(10-18)16(19)20/h5-6,8,11,15H,2-4,7,9-10H2,1H3,(H,19,20). The summed E-state index contributed by atoms with van der Waals surface area (Å²) in [6.45, 7) is 2.21. The van der Waals surface area contributed by atoms with Crippen molar-refractivity contribution in [3.05, 3.63) is 23.8 Å². The second-order valence-corrected chi connectivity index (χ2v) is 8.31. The summed E-state index contributed by atoms with van der Waals surface area (Å²) >= 11 is 0. The van der Waals surface area contributed by atoms with Gasteiger partial charge in [-0.3, -0.25) is 4.79 Å². The number of carbonyl (C=O) groups excluding carboxylic acids is 1. The zero-order valence-electron chi connectivity index (χ0n) is 14.4. The third-order valence-electron chi connectivity index (χ3n) is 4.63. The second kappa shape index (κ2) is 7.24. The van der Waals surface area contributed by atoms with Crippen molar-refractivity contribution in [3.63, 3.8) is 0 Å².